The highest BCUT2D eigenvalue weighted by atomic mass is 32.2. The minimum atomic E-state index is 0.196. The highest BCUT2D eigenvalue weighted by molar-refractivity contribution is 7.98. The fraction of sp³-hybridized carbons (Fsp3) is 0.667. The van der Waals surface area contributed by atoms with E-state index in [4.69, 9.17) is 0 Å². The zero-order valence-corrected chi connectivity index (χ0v) is 13.6. The van der Waals surface area contributed by atoms with Gasteiger partial charge in [-0.15, -0.1) is 11.3 Å². The molecule has 1 atom stereocenters. The molecule has 3 heterocycles. The predicted octanol–water partition coefficient (Wildman–Crippen LogP) is 2.75. The van der Waals surface area contributed by atoms with Gasteiger partial charge in [0.1, 0.15) is 0 Å². The van der Waals surface area contributed by atoms with E-state index in [-0.39, 0.29) is 5.91 Å². The molecule has 1 aromatic heterocycles. The number of rotatable bonds is 3. The number of aryl methyl sites for hydroxylation is 1. The number of piperidine rings is 1. The van der Waals surface area contributed by atoms with Crippen molar-refractivity contribution in [1.29, 1.82) is 0 Å². The summed E-state index contributed by atoms with van der Waals surface area (Å²) in [6, 6.07) is 2.60. The molecule has 1 amide bonds. The first-order chi connectivity index (χ1) is 9.74. The number of thioether (sulfide) groups is 1. The van der Waals surface area contributed by atoms with E-state index in [1.807, 2.05) is 23.7 Å². The maximum absolute atomic E-state index is 12.5. The first-order valence-electron chi connectivity index (χ1n) is 7.42. The third-order valence-corrected chi connectivity index (χ3v) is 6.32. The Hall–Kier alpha value is -0.520. The average Bonchev–Trinajstić information content (AvgIpc) is 2.91. The van der Waals surface area contributed by atoms with Crippen LogP contribution in [0.2, 0.25) is 0 Å². The van der Waals surface area contributed by atoms with Crippen LogP contribution in [0.4, 0.5) is 0 Å². The topological polar surface area (TPSA) is 32.3 Å². The molecule has 0 aliphatic carbocycles. The molecule has 1 N–H and O–H groups in total. The van der Waals surface area contributed by atoms with Crippen molar-refractivity contribution >= 4 is 29.0 Å². The summed E-state index contributed by atoms with van der Waals surface area (Å²) in [6.07, 6.45) is 4.87. The second kappa shape index (κ2) is 6.50. The van der Waals surface area contributed by atoms with Gasteiger partial charge in [-0.1, -0.05) is 6.42 Å². The normalized spacial score (nSPS) is 22.4. The average molecular weight is 310 g/mol. The Morgan fingerprint density at radius 2 is 2.40 bits per heavy atom. The number of hydrogen-bond acceptors (Lipinski definition) is 4. The minimum Gasteiger partial charge on any atom is -0.339 e. The Balaban J connectivity index is 1.63. The van der Waals surface area contributed by atoms with Crippen LogP contribution in [0.15, 0.2) is 6.07 Å². The van der Waals surface area contributed by atoms with Gasteiger partial charge in [0.05, 0.1) is 4.88 Å². The Morgan fingerprint density at radius 1 is 1.50 bits per heavy atom. The zero-order valence-electron chi connectivity index (χ0n) is 12.0. The summed E-state index contributed by atoms with van der Waals surface area (Å²) in [6.45, 7) is 1.92. The Labute approximate surface area is 129 Å². The summed E-state index contributed by atoms with van der Waals surface area (Å²) in [4.78, 5) is 16.8. The molecule has 1 fully saturated rings. The van der Waals surface area contributed by atoms with Crippen molar-refractivity contribution in [2.45, 2.75) is 37.5 Å². The molecule has 0 bridgehead atoms. The highest BCUT2D eigenvalue weighted by Crippen LogP contribution is 2.32. The van der Waals surface area contributed by atoms with Crippen molar-refractivity contribution in [1.82, 2.24) is 10.2 Å². The molecule has 1 unspecified atom stereocenters. The number of nitrogens with one attached hydrogen (secondary N) is 1. The van der Waals surface area contributed by atoms with Gasteiger partial charge in [-0.05, 0) is 43.2 Å². The second-order valence-corrected chi connectivity index (χ2v) is 7.94. The Morgan fingerprint density at radius 3 is 3.15 bits per heavy atom. The molecule has 0 radical (unpaired) electrons. The van der Waals surface area contributed by atoms with Gasteiger partial charge < -0.3 is 10.2 Å². The van der Waals surface area contributed by atoms with E-state index in [9.17, 15) is 4.79 Å². The lowest BCUT2D eigenvalue weighted by atomic mass is 10.0. The number of likely N-dealkylation sites (N-methyl/N-ethyl adjacent to an activating group) is 1. The number of carbonyl (C=O) groups is 1. The molecule has 2 aliphatic heterocycles. The summed E-state index contributed by atoms with van der Waals surface area (Å²) in [7, 11) is 1.94. The monoisotopic (exact) mass is 310 g/mol. The van der Waals surface area contributed by atoms with Crippen molar-refractivity contribution < 1.29 is 4.79 Å². The predicted molar refractivity (Wildman–Crippen MR) is 86.8 cm³/mol. The second-order valence-electron chi connectivity index (χ2n) is 5.69. The van der Waals surface area contributed by atoms with Crippen LogP contribution < -0.4 is 5.32 Å². The molecule has 3 nitrogen and oxygen atoms in total. The summed E-state index contributed by atoms with van der Waals surface area (Å²) in [5.41, 5.74) is 1.39. The van der Waals surface area contributed by atoms with Gasteiger partial charge in [0.25, 0.3) is 5.91 Å². The molecule has 0 aromatic carbocycles. The molecule has 0 spiro atoms. The SMILES string of the molecule is CN(CC1CCCCN1)C(=O)c1cc2c(s1)CCSC2. The van der Waals surface area contributed by atoms with Crippen molar-refractivity contribution in [2.75, 3.05) is 25.9 Å². The largest absolute Gasteiger partial charge is 0.339 e. The van der Waals surface area contributed by atoms with E-state index in [2.05, 4.69) is 11.4 Å². The zero-order chi connectivity index (χ0) is 13.9. The smallest absolute Gasteiger partial charge is 0.263 e. The van der Waals surface area contributed by atoms with E-state index in [1.165, 1.54) is 35.5 Å². The van der Waals surface area contributed by atoms with E-state index in [0.717, 1.165) is 30.1 Å². The molecule has 0 saturated carbocycles. The standard InChI is InChI=1S/C15H22N2OS2/c1-17(9-12-4-2-3-6-16-12)15(18)14-8-11-10-19-7-5-13(11)20-14/h8,12,16H,2-7,9-10H2,1H3. The fourth-order valence-electron chi connectivity index (χ4n) is 2.93. The lowest BCUT2D eigenvalue weighted by Crippen LogP contribution is -2.44. The van der Waals surface area contributed by atoms with Gasteiger partial charge in [0.2, 0.25) is 0 Å². The number of thiophene rings is 1. The van der Waals surface area contributed by atoms with Crippen LogP contribution in [0.5, 0.6) is 0 Å². The van der Waals surface area contributed by atoms with E-state index in [1.54, 1.807) is 11.3 Å². The molecular weight excluding hydrogens is 288 g/mol. The van der Waals surface area contributed by atoms with Crippen LogP contribution >= 0.6 is 23.1 Å². The maximum Gasteiger partial charge on any atom is 0.263 e. The molecule has 1 aromatic rings. The summed E-state index contributed by atoms with van der Waals surface area (Å²) in [5.74, 6) is 2.47. The van der Waals surface area contributed by atoms with E-state index < -0.39 is 0 Å². The van der Waals surface area contributed by atoms with Gasteiger partial charge in [0, 0.05) is 30.3 Å². The van der Waals surface area contributed by atoms with Crippen LogP contribution in [0.25, 0.3) is 0 Å². The van der Waals surface area contributed by atoms with Crippen LogP contribution in [-0.4, -0.2) is 42.7 Å². The summed E-state index contributed by atoms with van der Waals surface area (Å²) in [5, 5.41) is 3.51. The van der Waals surface area contributed by atoms with Crippen molar-refractivity contribution in [3.05, 3.63) is 21.4 Å². The van der Waals surface area contributed by atoms with Crippen LogP contribution in [-0.2, 0) is 12.2 Å². The lowest BCUT2D eigenvalue weighted by Gasteiger charge is -2.28. The molecule has 3 rings (SSSR count). The van der Waals surface area contributed by atoms with Crippen LogP contribution in [0.1, 0.15) is 39.4 Å². The molecule has 1 saturated heterocycles. The summed E-state index contributed by atoms with van der Waals surface area (Å²) < 4.78 is 0. The third kappa shape index (κ3) is 3.21. The Bertz CT molecular complexity index is 457. The fourth-order valence-corrected chi connectivity index (χ4v) is 5.30. The van der Waals surface area contributed by atoms with Crippen molar-refractivity contribution in [3.8, 4) is 0 Å². The number of hydrogen-bond donors (Lipinski definition) is 1. The minimum absolute atomic E-state index is 0.196. The quantitative estimate of drug-likeness (QED) is 0.932. The number of carbonyl (C=O) groups excluding carboxylic acids is 1. The Kier molecular flexibility index (Phi) is 4.68. The lowest BCUT2D eigenvalue weighted by molar-refractivity contribution is 0.0780. The van der Waals surface area contributed by atoms with E-state index in [0.29, 0.717) is 6.04 Å². The van der Waals surface area contributed by atoms with Gasteiger partial charge in [-0.25, -0.2) is 0 Å². The van der Waals surface area contributed by atoms with Gasteiger partial charge in [0.15, 0.2) is 0 Å². The highest BCUT2D eigenvalue weighted by Gasteiger charge is 2.22. The van der Waals surface area contributed by atoms with Crippen LogP contribution in [0, 0.1) is 0 Å². The van der Waals surface area contributed by atoms with Gasteiger partial charge >= 0.3 is 0 Å². The van der Waals surface area contributed by atoms with E-state index >= 15 is 0 Å². The summed E-state index contributed by atoms with van der Waals surface area (Å²) >= 11 is 3.68. The number of nitrogens with zero attached hydrogens (tertiary/aromatic N) is 1. The maximum atomic E-state index is 12.5. The molecule has 20 heavy (non-hydrogen) atoms. The first kappa shape index (κ1) is 14.4. The van der Waals surface area contributed by atoms with Crippen molar-refractivity contribution in [2.24, 2.45) is 0 Å². The number of amides is 1. The first-order valence-corrected chi connectivity index (χ1v) is 9.39. The molecular formula is C15H22N2OS2. The van der Waals surface area contributed by atoms with Gasteiger partial charge in [-0.2, -0.15) is 11.8 Å². The van der Waals surface area contributed by atoms with Crippen molar-refractivity contribution in [3.63, 3.8) is 0 Å². The molecule has 5 heteroatoms. The number of fused-ring (bicyclic) bond motifs is 1. The third-order valence-electron chi connectivity index (χ3n) is 4.09. The molecule has 110 valence electrons. The van der Waals surface area contributed by atoms with Crippen LogP contribution in [0.3, 0.4) is 0 Å². The molecule has 2 aliphatic rings. The van der Waals surface area contributed by atoms with Gasteiger partial charge in [-0.3, -0.25) is 4.79 Å².